The van der Waals surface area contributed by atoms with Crippen molar-refractivity contribution in [2.45, 2.75) is 13.8 Å². The van der Waals surface area contributed by atoms with Crippen molar-refractivity contribution in [2.24, 2.45) is 0 Å². The minimum atomic E-state index is -0.289. The smallest absolute Gasteiger partial charge is 0.274 e. The zero-order valence-electron chi connectivity index (χ0n) is 14.7. The van der Waals surface area contributed by atoms with Crippen LogP contribution in [0.4, 0.5) is 17.3 Å². The van der Waals surface area contributed by atoms with Crippen LogP contribution in [0, 0.1) is 6.92 Å². The van der Waals surface area contributed by atoms with Gasteiger partial charge in [0.05, 0.1) is 12.3 Å². The van der Waals surface area contributed by atoms with Gasteiger partial charge in [0, 0.05) is 11.4 Å². The third kappa shape index (κ3) is 4.36. The Morgan fingerprint density at radius 1 is 1.04 bits per heavy atom. The van der Waals surface area contributed by atoms with Gasteiger partial charge in [0.25, 0.3) is 5.91 Å². The van der Waals surface area contributed by atoms with Crippen molar-refractivity contribution in [3.05, 3.63) is 72.1 Å². The summed E-state index contributed by atoms with van der Waals surface area (Å²) in [5.74, 6) is 0.758. The predicted molar refractivity (Wildman–Crippen MR) is 102 cm³/mol. The van der Waals surface area contributed by atoms with Crippen molar-refractivity contribution in [1.82, 2.24) is 9.97 Å². The number of carbonyl (C=O) groups excluding carboxylic acids is 1. The van der Waals surface area contributed by atoms with Crippen LogP contribution in [0.1, 0.15) is 23.1 Å². The summed E-state index contributed by atoms with van der Waals surface area (Å²) in [7, 11) is 0. The van der Waals surface area contributed by atoms with Gasteiger partial charge < -0.3 is 15.4 Å². The van der Waals surface area contributed by atoms with Crippen molar-refractivity contribution in [2.75, 3.05) is 17.2 Å². The maximum Gasteiger partial charge on any atom is 0.274 e. The molecule has 1 aromatic heterocycles. The van der Waals surface area contributed by atoms with Gasteiger partial charge in [-0.3, -0.25) is 4.79 Å². The van der Waals surface area contributed by atoms with Gasteiger partial charge in [-0.1, -0.05) is 30.3 Å². The van der Waals surface area contributed by atoms with Gasteiger partial charge in [0.15, 0.2) is 0 Å². The summed E-state index contributed by atoms with van der Waals surface area (Å²) in [6.45, 7) is 4.30. The molecule has 0 atom stereocenters. The summed E-state index contributed by atoms with van der Waals surface area (Å²) < 4.78 is 5.60. The molecule has 1 amide bonds. The molecule has 0 saturated heterocycles. The minimum Gasteiger partial charge on any atom is -0.492 e. The molecular weight excluding hydrogens is 328 g/mol. The van der Waals surface area contributed by atoms with E-state index < -0.39 is 0 Å². The van der Waals surface area contributed by atoms with E-state index in [1.807, 2.05) is 68.4 Å². The number of rotatable bonds is 6. The summed E-state index contributed by atoms with van der Waals surface area (Å²) in [5.41, 5.74) is 2.44. The quantitative estimate of drug-likeness (QED) is 0.699. The average Bonchev–Trinajstić information content (AvgIpc) is 2.64. The number of carbonyl (C=O) groups is 1. The molecule has 2 aromatic carbocycles. The highest BCUT2D eigenvalue weighted by Crippen LogP contribution is 2.26. The molecule has 26 heavy (non-hydrogen) atoms. The van der Waals surface area contributed by atoms with E-state index in [-0.39, 0.29) is 11.6 Å². The summed E-state index contributed by atoms with van der Waals surface area (Å²) in [6, 6.07) is 18.4. The molecule has 0 bridgehead atoms. The molecule has 2 N–H and O–H groups in total. The molecule has 0 spiro atoms. The van der Waals surface area contributed by atoms with Gasteiger partial charge in [-0.25, -0.2) is 9.97 Å². The number of hydrogen-bond donors (Lipinski definition) is 2. The first-order valence-corrected chi connectivity index (χ1v) is 8.36. The fourth-order valence-corrected chi connectivity index (χ4v) is 2.43. The van der Waals surface area contributed by atoms with Crippen LogP contribution in [0.2, 0.25) is 0 Å². The Morgan fingerprint density at radius 2 is 1.77 bits per heavy atom. The molecule has 0 unspecified atom stereocenters. The molecule has 6 heteroatoms. The van der Waals surface area contributed by atoms with Crippen molar-refractivity contribution in [3.63, 3.8) is 0 Å². The van der Waals surface area contributed by atoms with E-state index in [0.717, 1.165) is 5.69 Å². The predicted octanol–water partition coefficient (Wildman–Crippen LogP) is 4.18. The lowest BCUT2D eigenvalue weighted by Crippen LogP contribution is -2.15. The third-order valence-corrected chi connectivity index (χ3v) is 3.55. The van der Waals surface area contributed by atoms with Crippen LogP contribution in [-0.4, -0.2) is 22.5 Å². The number of benzene rings is 2. The molecule has 3 rings (SSSR count). The third-order valence-electron chi connectivity index (χ3n) is 3.55. The van der Waals surface area contributed by atoms with E-state index in [1.54, 1.807) is 6.07 Å². The maximum absolute atomic E-state index is 12.5. The molecule has 0 aliphatic heterocycles. The normalized spacial score (nSPS) is 10.2. The zero-order chi connectivity index (χ0) is 18.4. The second-order valence-corrected chi connectivity index (χ2v) is 5.59. The van der Waals surface area contributed by atoms with Crippen LogP contribution in [0.15, 0.2) is 60.7 Å². The van der Waals surface area contributed by atoms with Crippen LogP contribution >= 0.6 is 0 Å². The highest BCUT2D eigenvalue weighted by Gasteiger charge is 2.12. The summed E-state index contributed by atoms with van der Waals surface area (Å²) in [5, 5.41) is 5.96. The lowest BCUT2D eigenvalue weighted by atomic mass is 10.2. The first-order valence-electron chi connectivity index (χ1n) is 8.36. The SMILES string of the molecule is CCOc1ccccc1Nc1nc(C)cc(C(=O)Nc2ccccc2)n1. The lowest BCUT2D eigenvalue weighted by molar-refractivity contribution is 0.102. The number of aryl methyl sites for hydroxylation is 1. The highest BCUT2D eigenvalue weighted by molar-refractivity contribution is 6.03. The Labute approximate surface area is 152 Å². The number of anilines is 3. The van der Waals surface area contributed by atoms with Crippen LogP contribution in [0.25, 0.3) is 0 Å². The molecule has 0 fully saturated rings. The molecule has 0 aliphatic rings. The standard InChI is InChI=1S/C20H20N4O2/c1-3-26-18-12-8-7-11-16(18)23-20-21-14(2)13-17(24-20)19(25)22-15-9-5-4-6-10-15/h4-13H,3H2,1-2H3,(H,22,25)(H,21,23,24). The Bertz CT molecular complexity index is 897. The van der Waals surface area contributed by atoms with Crippen molar-refractivity contribution in [1.29, 1.82) is 0 Å². The monoisotopic (exact) mass is 348 g/mol. The number of aromatic nitrogens is 2. The van der Waals surface area contributed by atoms with Crippen LogP contribution in [0.5, 0.6) is 5.75 Å². The number of hydrogen-bond acceptors (Lipinski definition) is 5. The summed E-state index contributed by atoms with van der Waals surface area (Å²) in [4.78, 5) is 21.2. The van der Waals surface area contributed by atoms with Gasteiger partial charge in [0.1, 0.15) is 11.4 Å². The van der Waals surface area contributed by atoms with Gasteiger partial charge in [-0.2, -0.15) is 0 Å². The molecular formula is C20H20N4O2. The fraction of sp³-hybridized carbons (Fsp3) is 0.150. The maximum atomic E-state index is 12.5. The Morgan fingerprint density at radius 3 is 2.54 bits per heavy atom. The van der Waals surface area contributed by atoms with Crippen LogP contribution in [-0.2, 0) is 0 Å². The molecule has 3 aromatic rings. The van der Waals surface area contributed by atoms with Crippen molar-refractivity contribution in [3.8, 4) is 5.75 Å². The zero-order valence-corrected chi connectivity index (χ0v) is 14.7. The highest BCUT2D eigenvalue weighted by atomic mass is 16.5. The van der Waals surface area contributed by atoms with Gasteiger partial charge in [0.2, 0.25) is 5.95 Å². The van der Waals surface area contributed by atoms with E-state index in [4.69, 9.17) is 4.74 Å². The molecule has 0 radical (unpaired) electrons. The Hall–Kier alpha value is -3.41. The number of para-hydroxylation sites is 3. The molecule has 0 saturated carbocycles. The van der Waals surface area contributed by atoms with Gasteiger partial charge in [-0.05, 0) is 44.2 Å². The molecule has 6 nitrogen and oxygen atoms in total. The summed E-state index contributed by atoms with van der Waals surface area (Å²) >= 11 is 0. The summed E-state index contributed by atoms with van der Waals surface area (Å²) in [6.07, 6.45) is 0. The minimum absolute atomic E-state index is 0.289. The van der Waals surface area contributed by atoms with E-state index in [9.17, 15) is 4.79 Å². The molecule has 0 aliphatic carbocycles. The van der Waals surface area contributed by atoms with Crippen LogP contribution < -0.4 is 15.4 Å². The topological polar surface area (TPSA) is 76.1 Å². The van der Waals surface area contributed by atoms with Gasteiger partial charge >= 0.3 is 0 Å². The largest absolute Gasteiger partial charge is 0.492 e. The number of ether oxygens (including phenoxy) is 1. The average molecular weight is 348 g/mol. The Balaban J connectivity index is 1.83. The Kier molecular flexibility index (Phi) is 5.43. The first-order chi connectivity index (χ1) is 12.7. The first kappa shape index (κ1) is 17.4. The van der Waals surface area contributed by atoms with Gasteiger partial charge in [-0.15, -0.1) is 0 Å². The lowest BCUT2D eigenvalue weighted by Gasteiger charge is -2.12. The second kappa shape index (κ2) is 8.11. The van der Waals surface area contributed by atoms with Crippen molar-refractivity contribution >= 4 is 23.2 Å². The number of amides is 1. The molecule has 1 heterocycles. The van der Waals surface area contributed by atoms with Crippen molar-refractivity contribution < 1.29 is 9.53 Å². The molecule has 132 valence electrons. The van der Waals surface area contributed by atoms with E-state index in [2.05, 4.69) is 20.6 Å². The van der Waals surface area contributed by atoms with E-state index in [0.29, 0.717) is 29.7 Å². The number of nitrogens with zero attached hydrogens (tertiary/aromatic N) is 2. The van der Waals surface area contributed by atoms with E-state index in [1.165, 1.54) is 0 Å². The second-order valence-electron chi connectivity index (χ2n) is 5.59. The van der Waals surface area contributed by atoms with E-state index >= 15 is 0 Å². The number of nitrogens with one attached hydrogen (secondary N) is 2. The fourth-order valence-electron chi connectivity index (χ4n) is 2.43. The van der Waals surface area contributed by atoms with Crippen LogP contribution in [0.3, 0.4) is 0 Å².